The molecule has 0 unspecified atom stereocenters. The third kappa shape index (κ3) is 6.17. The number of rotatable bonds is 6. The first-order chi connectivity index (χ1) is 29.1. The summed E-state index contributed by atoms with van der Waals surface area (Å²) in [6.07, 6.45) is 1.90. The maximum absolute atomic E-state index is 8.85. The predicted molar refractivity (Wildman–Crippen MR) is 250 cm³/mol. The van der Waals surface area contributed by atoms with Crippen LogP contribution >= 0.6 is 0 Å². The Morgan fingerprint density at radius 1 is 0.407 bits per heavy atom. The minimum atomic E-state index is 0.440. The zero-order valence-electron chi connectivity index (χ0n) is 32.2. The van der Waals surface area contributed by atoms with Crippen LogP contribution in [0.4, 0.5) is 5.69 Å². The summed E-state index contributed by atoms with van der Waals surface area (Å²) in [6.45, 7) is 0. The number of hydrogen-bond donors (Lipinski definition) is 2. The molecule has 2 N–H and O–H groups in total. The van der Waals surface area contributed by atoms with Crippen molar-refractivity contribution in [3.63, 3.8) is 0 Å². The Labute approximate surface area is 342 Å². The Morgan fingerprint density at radius 3 is 1.59 bits per heavy atom. The van der Waals surface area contributed by atoms with Crippen molar-refractivity contribution in [2.75, 3.05) is 0 Å². The lowest BCUT2D eigenvalue weighted by Crippen LogP contribution is -2.26. The Bertz CT molecular complexity index is 3360. The van der Waals surface area contributed by atoms with Gasteiger partial charge in [-0.2, -0.15) is 0 Å². The molecule has 0 amide bonds. The highest BCUT2D eigenvalue weighted by atomic mass is 15.0. The summed E-state index contributed by atoms with van der Waals surface area (Å²) in [5.41, 5.74) is 12.2. The lowest BCUT2D eigenvalue weighted by Gasteiger charge is -2.21. The number of fused-ring (bicyclic) bond motifs is 5. The second kappa shape index (κ2) is 14.3. The van der Waals surface area contributed by atoms with Gasteiger partial charge in [-0.3, -0.25) is 0 Å². The van der Waals surface area contributed by atoms with Crippen molar-refractivity contribution in [2.45, 2.75) is 0 Å². The van der Waals surface area contributed by atoms with E-state index in [1.165, 1.54) is 65.3 Å². The van der Waals surface area contributed by atoms with Gasteiger partial charge in [0.15, 0.2) is 0 Å². The summed E-state index contributed by atoms with van der Waals surface area (Å²) in [5.74, 6) is 0.756. The molecular formula is C56H37N3. The van der Waals surface area contributed by atoms with Gasteiger partial charge in [-0.15, -0.1) is 0 Å². The van der Waals surface area contributed by atoms with Crippen LogP contribution in [0.1, 0.15) is 16.7 Å². The highest BCUT2D eigenvalue weighted by Gasteiger charge is 2.20. The molecule has 11 rings (SSSR count). The van der Waals surface area contributed by atoms with Crippen molar-refractivity contribution in [3.05, 3.63) is 229 Å². The molecule has 0 saturated heterocycles. The zero-order valence-corrected chi connectivity index (χ0v) is 32.2. The van der Waals surface area contributed by atoms with Crippen molar-refractivity contribution in [1.82, 2.24) is 5.32 Å². The first kappa shape index (κ1) is 34.4. The summed E-state index contributed by atoms with van der Waals surface area (Å²) in [6, 6.07) is 73.4. The molecule has 1 heterocycles. The summed E-state index contributed by atoms with van der Waals surface area (Å²) in [5, 5.41) is 22.3. The van der Waals surface area contributed by atoms with Crippen LogP contribution in [0.25, 0.3) is 82.2 Å². The fourth-order valence-corrected chi connectivity index (χ4v) is 8.73. The van der Waals surface area contributed by atoms with E-state index in [0.29, 0.717) is 5.71 Å². The SMILES string of the molecule is N=C(/C=C1\NC(c2ccc(-c3ccc4c(-c5ccc6ccccc6c5)c5ccccc5c(-c5ccc6ccccc6c5)c4c3)cc2)=Nc2ccccc21)c1ccccc1. The zero-order chi connectivity index (χ0) is 39.3. The fourth-order valence-electron chi connectivity index (χ4n) is 8.73. The molecule has 0 aliphatic carbocycles. The number of allylic oxidation sites excluding steroid dienone is 1. The van der Waals surface area contributed by atoms with E-state index in [1.807, 2.05) is 54.6 Å². The summed E-state index contributed by atoms with van der Waals surface area (Å²) in [7, 11) is 0. The molecule has 0 saturated carbocycles. The predicted octanol–water partition coefficient (Wildman–Crippen LogP) is 14.4. The van der Waals surface area contributed by atoms with Gasteiger partial charge in [0.05, 0.1) is 17.1 Å². The van der Waals surface area contributed by atoms with Crippen LogP contribution in [0.3, 0.4) is 0 Å². The van der Waals surface area contributed by atoms with Gasteiger partial charge in [-0.1, -0.05) is 182 Å². The van der Waals surface area contributed by atoms with Gasteiger partial charge in [0, 0.05) is 11.1 Å². The van der Waals surface area contributed by atoms with E-state index in [4.69, 9.17) is 10.4 Å². The van der Waals surface area contributed by atoms with Crippen molar-refractivity contribution < 1.29 is 0 Å². The molecule has 10 aromatic carbocycles. The molecule has 59 heavy (non-hydrogen) atoms. The molecule has 1 aliphatic rings. The number of aliphatic imine (C=N–C) groups is 1. The molecule has 0 atom stereocenters. The molecular weight excluding hydrogens is 715 g/mol. The molecule has 0 radical (unpaired) electrons. The summed E-state index contributed by atoms with van der Waals surface area (Å²) >= 11 is 0. The Morgan fingerprint density at radius 2 is 0.915 bits per heavy atom. The third-order valence-electron chi connectivity index (χ3n) is 11.6. The normalized spacial score (nSPS) is 13.1. The van der Waals surface area contributed by atoms with Crippen LogP contribution < -0.4 is 5.32 Å². The average molecular weight is 752 g/mol. The van der Waals surface area contributed by atoms with Gasteiger partial charge < -0.3 is 10.7 Å². The summed E-state index contributed by atoms with van der Waals surface area (Å²) < 4.78 is 0. The fraction of sp³-hybridized carbons (Fsp3) is 0. The third-order valence-corrected chi connectivity index (χ3v) is 11.6. The quantitative estimate of drug-likeness (QED) is 0.129. The number of amidine groups is 1. The Balaban J connectivity index is 1.05. The van der Waals surface area contributed by atoms with Crippen LogP contribution in [-0.2, 0) is 0 Å². The van der Waals surface area contributed by atoms with Crippen molar-refractivity contribution >= 4 is 66.0 Å². The second-order valence-electron chi connectivity index (χ2n) is 15.2. The number of benzene rings is 10. The topological polar surface area (TPSA) is 48.2 Å². The minimum Gasteiger partial charge on any atom is -0.339 e. The number of nitrogens with zero attached hydrogens (tertiary/aromatic N) is 1. The van der Waals surface area contributed by atoms with E-state index < -0.39 is 0 Å². The molecule has 1 aliphatic heterocycles. The largest absolute Gasteiger partial charge is 0.339 e. The van der Waals surface area contributed by atoms with Gasteiger partial charge >= 0.3 is 0 Å². The monoisotopic (exact) mass is 751 g/mol. The lowest BCUT2D eigenvalue weighted by atomic mass is 9.84. The van der Waals surface area contributed by atoms with Crippen LogP contribution in [0.2, 0.25) is 0 Å². The average Bonchev–Trinajstić information content (AvgIpc) is 3.30. The highest BCUT2D eigenvalue weighted by Crippen LogP contribution is 2.46. The van der Waals surface area contributed by atoms with Gasteiger partial charge in [0.1, 0.15) is 5.84 Å². The maximum atomic E-state index is 8.85. The number of hydrogen-bond acceptors (Lipinski definition) is 3. The van der Waals surface area contributed by atoms with Crippen molar-refractivity contribution in [2.24, 2.45) is 4.99 Å². The highest BCUT2D eigenvalue weighted by molar-refractivity contribution is 6.23. The van der Waals surface area contributed by atoms with E-state index in [1.54, 1.807) is 0 Å². The van der Waals surface area contributed by atoms with Crippen molar-refractivity contribution in [1.29, 1.82) is 5.41 Å². The van der Waals surface area contributed by atoms with E-state index in [9.17, 15) is 0 Å². The molecule has 0 bridgehead atoms. The molecule has 276 valence electrons. The minimum absolute atomic E-state index is 0.440. The van der Waals surface area contributed by atoms with E-state index in [2.05, 4.69) is 163 Å². The summed E-state index contributed by atoms with van der Waals surface area (Å²) in [4.78, 5) is 5.04. The van der Waals surface area contributed by atoms with Gasteiger partial charge in [-0.05, 0) is 112 Å². The lowest BCUT2D eigenvalue weighted by molar-refractivity contribution is 1.22. The van der Waals surface area contributed by atoms with E-state index in [0.717, 1.165) is 45.0 Å². The van der Waals surface area contributed by atoms with Crippen LogP contribution in [0.15, 0.2) is 217 Å². The first-order valence-electron chi connectivity index (χ1n) is 20.0. The van der Waals surface area contributed by atoms with Gasteiger partial charge in [-0.25, -0.2) is 4.99 Å². The van der Waals surface area contributed by atoms with E-state index in [-0.39, 0.29) is 0 Å². The van der Waals surface area contributed by atoms with Crippen LogP contribution in [0, 0.1) is 5.41 Å². The Kier molecular flexibility index (Phi) is 8.30. The first-order valence-corrected chi connectivity index (χ1v) is 20.0. The molecule has 0 aromatic heterocycles. The molecule has 3 heteroatoms. The smallest absolute Gasteiger partial charge is 0.138 e. The molecule has 3 nitrogen and oxygen atoms in total. The second-order valence-corrected chi connectivity index (χ2v) is 15.2. The van der Waals surface area contributed by atoms with E-state index >= 15 is 0 Å². The molecule has 0 fully saturated rings. The standard InChI is InChI=1S/C56H37N3/c57-51(39-14-2-1-3-15-39)35-53-49-20-10-11-21-52(49)58-56(59-53)40-26-22-38(23-27-40)43-30-31-48-50(34-43)55(45-29-25-37-13-5-7-17-42(37)33-45)47-19-9-8-18-46(47)54(48)44-28-24-36-12-4-6-16-41(36)32-44/h1-35,57H,(H,58,59)/b53-35-,57-51?. The maximum Gasteiger partial charge on any atom is 0.138 e. The molecule has 0 spiro atoms. The number of para-hydroxylation sites is 1. The van der Waals surface area contributed by atoms with Crippen LogP contribution in [-0.4, -0.2) is 11.5 Å². The van der Waals surface area contributed by atoms with Crippen LogP contribution in [0.5, 0.6) is 0 Å². The van der Waals surface area contributed by atoms with Gasteiger partial charge in [0.25, 0.3) is 0 Å². The van der Waals surface area contributed by atoms with Crippen molar-refractivity contribution in [3.8, 4) is 33.4 Å². The Hall–Kier alpha value is -7.88. The number of nitrogens with one attached hydrogen (secondary N) is 2. The van der Waals surface area contributed by atoms with Gasteiger partial charge in [0.2, 0.25) is 0 Å². The molecule has 10 aromatic rings.